The second kappa shape index (κ2) is 7.02. The number of aromatic nitrogens is 1. The standard InChI is InChI=1S/C17H14BrN3O2S/c1-23-13-4-2-3-10(9-13)14(22)15-16(19)21-17(24-15)20-12-7-5-11(18)6-8-12/h2-9H,19H2,1H3,(H,20,21). The van der Waals surface area contributed by atoms with E-state index in [1.807, 2.05) is 24.3 Å². The van der Waals surface area contributed by atoms with Crippen molar-refractivity contribution >= 4 is 49.7 Å². The summed E-state index contributed by atoms with van der Waals surface area (Å²) in [6, 6.07) is 14.6. The van der Waals surface area contributed by atoms with Crippen molar-refractivity contribution < 1.29 is 9.53 Å². The van der Waals surface area contributed by atoms with Crippen LogP contribution in [0.1, 0.15) is 15.2 Å². The number of halogens is 1. The second-order valence-corrected chi connectivity index (χ2v) is 6.84. The molecular formula is C17H14BrN3O2S. The van der Waals surface area contributed by atoms with E-state index in [-0.39, 0.29) is 11.6 Å². The summed E-state index contributed by atoms with van der Waals surface area (Å²) in [6.07, 6.45) is 0. The van der Waals surface area contributed by atoms with E-state index in [1.54, 1.807) is 31.4 Å². The van der Waals surface area contributed by atoms with E-state index in [4.69, 9.17) is 10.5 Å². The van der Waals surface area contributed by atoms with Gasteiger partial charge in [0.15, 0.2) is 5.13 Å². The lowest BCUT2D eigenvalue weighted by molar-refractivity contribution is 0.104. The minimum Gasteiger partial charge on any atom is -0.497 e. The molecule has 0 aliphatic heterocycles. The van der Waals surface area contributed by atoms with Crippen LogP contribution in [0.2, 0.25) is 0 Å². The van der Waals surface area contributed by atoms with E-state index in [9.17, 15) is 4.79 Å². The molecule has 7 heteroatoms. The zero-order valence-electron chi connectivity index (χ0n) is 12.7. The highest BCUT2D eigenvalue weighted by Gasteiger charge is 2.18. The molecule has 1 aromatic heterocycles. The number of carbonyl (C=O) groups excluding carboxylic acids is 1. The Kier molecular flexibility index (Phi) is 4.82. The van der Waals surface area contributed by atoms with Gasteiger partial charge in [0.2, 0.25) is 5.78 Å². The van der Waals surface area contributed by atoms with Crippen LogP contribution in [0.4, 0.5) is 16.6 Å². The molecule has 1 heterocycles. The van der Waals surface area contributed by atoms with Gasteiger partial charge in [-0.15, -0.1) is 0 Å². The summed E-state index contributed by atoms with van der Waals surface area (Å²) in [7, 11) is 1.56. The van der Waals surface area contributed by atoms with Crippen molar-refractivity contribution in [2.24, 2.45) is 0 Å². The number of thiazole rings is 1. The van der Waals surface area contributed by atoms with Crippen molar-refractivity contribution in [1.82, 2.24) is 4.98 Å². The highest BCUT2D eigenvalue weighted by atomic mass is 79.9. The largest absolute Gasteiger partial charge is 0.497 e. The molecule has 2 aromatic carbocycles. The maximum Gasteiger partial charge on any atom is 0.206 e. The third-order valence-corrected chi connectivity index (χ3v) is 4.80. The Morgan fingerprint density at radius 3 is 2.71 bits per heavy atom. The van der Waals surface area contributed by atoms with Gasteiger partial charge < -0.3 is 15.8 Å². The minimum absolute atomic E-state index is 0.173. The highest BCUT2D eigenvalue weighted by molar-refractivity contribution is 9.10. The number of benzene rings is 2. The number of hydrogen-bond acceptors (Lipinski definition) is 6. The first kappa shape index (κ1) is 16.5. The fourth-order valence-electron chi connectivity index (χ4n) is 2.10. The van der Waals surface area contributed by atoms with Crippen LogP contribution < -0.4 is 15.8 Å². The van der Waals surface area contributed by atoms with Crippen LogP contribution in [0.3, 0.4) is 0 Å². The Labute approximate surface area is 151 Å². The van der Waals surface area contributed by atoms with Gasteiger partial charge in [0.1, 0.15) is 16.4 Å². The predicted octanol–water partition coefficient (Wildman–Crippen LogP) is 4.47. The number of nitrogens with two attached hydrogens (primary N) is 1. The molecule has 0 fully saturated rings. The zero-order valence-corrected chi connectivity index (χ0v) is 15.1. The van der Waals surface area contributed by atoms with Gasteiger partial charge in [-0.25, -0.2) is 4.98 Å². The van der Waals surface area contributed by atoms with E-state index in [0.29, 0.717) is 21.3 Å². The summed E-state index contributed by atoms with van der Waals surface area (Å²) in [4.78, 5) is 17.3. The van der Waals surface area contributed by atoms with Crippen molar-refractivity contribution in [3.05, 3.63) is 63.4 Å². The van der Waals surface area contributed by atoms with E-state index < -0.39 is 0 Å². The molecule has 0 saturated carbocycles. The first-order valence-corrected chi connectivity index (χ1v) is 8.65. The maximum absolute atomic E-state index is 12.6. The van der Waals surface area contributed by atoms with Crippen LogP contribution in [0.25, 0.3) is 0 Å². The minimum atomic E-state index is -0.173. The number of nitrogens with one attached hydrogen (secondary N) is 1. The molecule has 0 spiro atoms. The molecule has 0 bridgehead atoms. The molecule has 24 heavy (non-hydrogen) atoms. The summed E-state index contributed by atoms with van der Waals surface area (Å²) in [5, 5.41) is 3.72. The van der Waals surface area contributed by atoms with Crippen LogP contribution >= 0.6 is 27.3 Å². The van der Waals surface area contributed by atoms with Gasteiger partial charge in [-0.3, -0.25) is 4.79 Å². The van der Waals surface area contributed by atoms with Crippen molar-refractivity contribution in [3.8, 4) is 5.75 Å². The molecular weight excluding hydrogens is 390 g/mol. The number of carbonyl (C=O) groups is 1. The summed E-state index contributed by atoms with van der Waals surface area (Å²) in [5.41, 5.74) is 7.31. The summed E-state index contributed by atoms with van der Waals surface area (Å²) in [6.45, 7) is 0. The number of nitrogens with zero attached hydrogens (tertiary/aromatic N) is 1. The molecule has 0 atom stereocenters. The van der Waals surface area contributed by atoms with E-state index in [0.717, 1.165) is 10.2 Å². The molecule has 5 nitrogen and oxygen atoms in total. The van der Waals surface area contributed by atoms with E-state index in [1.165, 1.54) is 11.3 Å². The van der Waals surface area contributed by atoms with Gasteiger partial charge in [-0.2, -0.15) is 0 Å². The molecule has 0 amide bonds. The Bertz CT molecular complexity index is 878. The quantitative estimate of drug-likeness (QED) is 0.614. The molecule has 0 aliphatic carbocycles. The smallest absolute Gasteiger partial charge is 0.206 e. The summed E-state index contributed by atoms with van der Waals surface area (Å²) >= 11 is 4.61. The van der Waals surface area contributed by atoms with Gasteiger partial charge in [0.25, 0.3) is 0 Å². The van der Waals surface area contributed by atoms with E-state index in [2.05, 4.69) is 26.2 Å². The highest BCUT2D eigenvalue weighted by Crippen LogP contribution is 2.30. The number of nitrogen functional groups attached to an aromatic ring is 1. The van der Waals surface area contributed by atoms with Crippen LogP contribution in [0.15, 0.2) is 53.0 Å². The molecule has 3 aromatic rings. The first-order chi connectivity index (χ1) is 11.6. The van der Waals surface area contributed by atoms with Gasteiger partial charge in [-0.05, 0) is 36.4 Å². The number of ketones is 1. The monoisotopic (exact) mass is 403 g/mol. The van der Waals surface area contributed by atoms with Gasteiger partial charge in [0, 0.05) is 15.7 Å². The second-order valence-electron chi connectivity index (χ2n) is 4.93. The number of ether oxygens (including phenoxy) is 1. The molecule has 3 rings (SSSR count). The van der Waals surface area contributed by atoms with Crippen LogP contribution in [-0.2, 0) is 0 Å². The Hall–Kier alpha value is -2.38. The topological polar surface area (TPSA) is 77.2 Å². The lowest BCUT2D eigenvalue weighted by Gasteiger charge is -2.03. The van der Waals surface area contributed by atoms with Gasteiger partial charge >= 0.3 is 0 Å². The Morgan fingerprint density at radius 1 is 1.25 bits per heavy atom. The molecule has 0 saturated heterocycles. The van der Waals surface area contributed by atoms with Gasteiger partial charge in [-0.1, -0.05) is 39.4 Å². The van der Waals surface area contributed by atoms with Crippen LogP contribution in [-0.4, -0.2) is 17.9 Å². The van der Waals surface area contributed by atoms with Crippen molar-refractivity contribution in [2.75, 3.05) is 18.2 Å². The Morgan fingerprint density at radius 2 is 2.00 bits per heavy atom. The fraction of sp³-hybridized carbons (Fsp3) is 0.0588. The molecule has 3 N–H and O–H groups in total. The van der Waals surface area contributed by atoms with Crippen LogP contribution in [0.5, 0.6) is 5.75 Å². The Balaban J connectivity index is 1.85. The normalized spacial score (nSPS) is 10.4. The van der Waals surface area contributed by atoms with Crippen molar-refractivity contribution in [1.29, 1.82) is 0 Å². The SMILES string of the molecule is COc1cccc(C(=O)c2sc(Nc3ccc(Br)cc3)nc2N)c1. The first-order valence-electron chi connectivity index (χ1n) is 7.04. The number of anilines is 3. The zero-order chi connectivity index (χ0) is 17.1. The van der Waals surface area contributed by atoms with Crippen LogP contribution in [0, 0.1) is 0 Å². The predicted molar refractivity (Wildman–Crippen MR) is 100 cm³/mol. The molecule has 0 aliphatic rings. The van der Waals surface area contributed by atoms with Crippen molar-refractivity contribution in [2.45, 2.75) is 0 Å². The number of methoxy groups -OCH3 is 1. The maximum atomic E-state index is 12.6. The third-order valence-electron chi connectivity index (χ3n) is 3.29. The van der Waals surface area contributed by atoms with Crippen molar-refractivity contribution in [3.63, 3.8) is 0 Å². The number of rotatable bonds is 5. The number of hydrogen-bond donors (Lipinski definition) is 2. The average molecular weight is 404 g/mol. The molecule has 0 unspecified atom stereocenters. The molecule has 122 valence electrons. The summed E-state index contributed by atoms with van der Waals surface area (Å²) < 4.78 is 6.14. The average Bonchev–Trinajstić information content (AvgIpc) is 2.96. The lowest BCUT2D eigenvalue weighted by Crippen LogP contribution is -2.02. The third kappa shape index (κ3) is 3.58. The van der Waals surface area contributed by atoms with Gasteiger partial charge in [0.05, 0.1) is 7.11 Å². The lowest BCUT2D eigenvalue weighted by atomic mass is 10.1. The molecule has 0 radical (unpaired) electrons. The fourth-order valence-corrected chi connectivity index (χ4v) is 3.23. The summed E-state index contributed by atoms with van der Waals surface area (Å²) in [5.74, 6) is 0.664. The van der Waals surface area contributed by atoms with E-state index >= 15 is 0 Å².